The molecule has 41 heavy (non-hydrogen) atoms. The zero-order chi connectivity index (χ0) is 28.7. The van der Waals surface area contributed by atoms with E-state index >= 15 is 0 Å². The highest BCUT2D eigenvalue weighted by molar-refractivity contribution is 9.12. The molecule has 0 radical (unpaired) electrons. The minimum atomic E-state index is -3.97. The lowest BCUT2D eigenvalue weighted by Crippen LogP contribution is -2.43. The van der Waals surface area contributed by atoms with Crippen LogP contribution in [0.1, 0.15) is 36.8 Å². The molecule has 3 aliphatic rings. The topological polar surface area (TPSA) is 88.2 Å². The van der Waals surface area contributed by atoms with Gasteiger partial charge in [0.2, 0.25) is 10.0 Å². The lowest BCUT2D eigenvalue weighted by molar-refractivity contribution is 0.00194. The number of aliphatic imine (C=N–C) groups is 1. The second-order valence-corrected chi connectivity index (χ2v) is 16.4. The first kappa shape index (κ1) is 29.5. The number of sulfonamides is 1. The largest absolute Gasteiger partial charge is 0.376 e. The predicted molar refractivity (Wildman–Crippen MR) is 173 cm³/mol. The van der Waals surface area contributed by atoms with Crippen LogP contribution >= 0.6 is 43.2 Å². The molecule has 2 aliphatic heterocycles. The van der Waals surface area contributed by atoms with Gasteiger partial charge in [0.25, 0.3) is 0 Å². The quantitative estimate of drug-likeness (QED) is 0.211. The van der Waals surface area contributed by atoms with Crippen molar-refractivity contribution in [2.24, 2.45) is 16.0 Å². The van der Waals surface area contributed by atoms with Crippen LogP contribution in [-0.4, -0.2) is 69.0 Å². The molecule has 3 heterocycles. The number of aryl methyl sites for hydroxylation is 1. The minimum absolute atomic E-state index is 0.0276. The van der Waals surface area contributed by atoms with Crippen LogP contribution in [0.4, 0.5) is 5.69 Å². The molecule has 1 aliphatic carbocycles. The van der Waals surface area contributed by atoms with E-state index in [9.17, 15) is 8.42 Å². The van der Waals surface area contributed by atoms with E-state index < -0.39 is 10.0 Å². The van der Waals surface area contributed by atoms with Crippen molar-refractivity contribution in [3.05, 3.63) is 67.2 Å². The van der Waals surface area contributed by atoms with Gasteiger partial charge in [-0.1, -0.05) is 36.4 Å². The number of nitrogens with two attached hydrogens (primary N) is 1. The molecular formula is C30H34Br2N4O3S2. The van der Waals surface area contributed by atoms with Crippen molar-refractivity contribution in [3.8, 4) is 11.1 Å². The SMILES string of the molecule is Cc1ccc(S(N)(=O)=O)c(N=C(c2c(Br)sc(Br)c2-c2ccccc2)N2CC3CC2CC3OCCN2CCCC2)c1. The molecule has 1 aromatic heterocycles. The van der Waals surface area contributed by atoms with Gasteiger partial charge in [-0.2, -0.15) is 0 Å². The number of amidine groups is 1. The summed E-state index contributed by atoms with van der Waals surface area (Å²) in [6, 6.07) is 15.6. The number of hydrogen-bond donors (Lipinski definition) is 1. The summed E-state index contributed by atoms with van der Waals surface area (Å²) in [6.45, 7) is 6.88. The Balaban J connectivity index is 1.38. The number of halogens is 2. The summed E-state index contributed by atoms with van der Waals surface area (Å²) in [7, 11) is -3.97. The average molecular weight is 723 g/mol. The Morgan fingerprint density at radius 2 is 1.85 bits per heavy atom. The Labute approximate surface area is 263 Å². The van der Waals surface area contributed by atoms with Crippen molar-refractivity contribution in [1.29, 1.82) is 0 Å². The molecule has 2 saturated heterocycles. The zero-order valence-corrected chi connectivity index (χ0v) is 27.7. The Morgan fingerprint density at radius 1 is 1.10 bits per heavy atom. The number of rotatable bonds is 8. The summed E-state index contributed by atoms with van der Waals surface area (Å²) in [5.41, 5.74) is 4.32. The minimum Gasteiger partial charge on any atom is -0.376 e. The summed E-state index contributed by atoms with van der Waals surface area (Å²) in [5.74, 6) is 1.16. The molecule has 2 bridgehead atoms. The number of hydrogen-bond acceptors (Lipinski definition) is 6. The molecule has 0 amide bonds. The number of ether oxygens (including phenoxy) is 1. The van der Waals surface area contributed by atoms with Gasteiger partial charge < -0.3 is 14.5 Å². The molecule has 7 nitrogen and oxygen atoms in total. The van der Waals surface area contributed by atoms with E-state index in [0.29, 0.717) is 11.6 Å². The maximum atomic E-state index is 12.6. The Bertz CT molecular complexity index is 1560. The van der Waals surface area contributed by atoms with Gasteiger partial charge in [0.15, 0.2) is 0 Å². The number of primary sulfonamides is 1. The summed E-state index contributed by atoms with van der Waals surface area (Å²) in [4.78, 5) is 10.0. The lowest BCUT2D eigenvalue weighted by atomic mass is 10.0. The van der Waals surface area contributed by atoms with Gasteiger partial charge in [-0.15, -0.1) is 11.3 Å². The maximum Gasteiger partial charge on any atom is 0.240 e. The van der Waals surface area contributed by atoms with E-state index in [1.807, 2.05) is 25.1 Å². The number of nitrogens with zero attached hydrogens (tertiary/aromatic N) is 3. The zero-order valence-electron chi connectivity index (χ0n) is 22.9. The van der Waals surface area contributed by atoms with Crippen LogP contribution in [0.25, 0.3) is 11.1 Å². The standard InChI is InChI=1S/C30H34Br2N4O3S2/c1-19-9-10-25(41(33,37)38)23(15-19)34-30(27-26(28(31)40-29(27)32)20-7-3-2-4-8-20)36-18-21-16-22(36)17-24(21)39-14-13-35-11-5-6-12-35/h2-4,7-10,15,21-22,24H,5-6,11-14,16-18H2,1H3,(H2,33,37,38). The highest BCUT2D eigenvalue weighted by atomic mass is 79.9. The number of piperidine rings is 1. The average Bonchev–Trinajstić information content (AvgIpc) is 3.72. The number of fused-ring (bicyclic) bond motifs is 2. The first-order valence-electron chi connectivity index (χ1n) is 14.1. The third-order valence-electron chi connectivity index (χ3n) is 8.44. The predicted octanol–water partition coefficient (Wildman–Crippen LogP) is 6.55. The molecule has 218 valence electrons. The molecule has 3 atom stereocenters. The molecule has 1 saturated carbocycles. The van der Waals surface area contributed by atoms with Crippen molar-refractivity contribution in [2.75, 3.05) is 32.8 Å². The number of thiophene rings is 1. The van der Waals surface area contributed by atoms with Crippen molar-refractivity contribution < 1.29 is 13.2 Å². The van der Waals surface area contributed by atoms with Crippen molar-refractivity contribution in [3.63, 3.8) is 0 Å². The summed E-state index contributed by atoms with van der Waals surface area (Å²) in [6.07, 6.45) is 4.79. The molecule has 2 aromatic carbocycles. The fourth-order valence-corrected chi connectivity index (χ4v) is 10.3. The number of likely N-dealkylation sites (tertiary alicyclic amines) is 2. The van der Waals surface area contributed by atoms with Gasteiger partial charge in [0.1, 0.15) is 10.7 Å². The van der Waals surface area contributed by atoms with Crippen LogP contribution in [0, 0.1) is 12.8 Å². The number of benzene rings is 2. The van der Waals surface area contributed by atoms with Crippen LogP contribution < -0.4 is 5.14 Å². The van der Waals surface area contributed by atoms with Crippen LogP contribution in [0.5, 0.6) is 0 Å². The monoisotopic (exact) mass is 720 g/mol. The fourth-order valence-electron chi connectivity index (χ4n) is 6.48. The van der Waals surface area contributed by atoms with Gasteiger partial charge in [0.05, 0.1) is 31.5 Å². The van der Waals surface area contributed by atoms with E-state index in [4.69, 9.17) is 14.9 Å². The van der Waals surface area contributed by atoms with Gasteiger partial charge >= 0.3 is 0 Å². The molecule has 11 heteroatoms. The van der Waals surface area contributed by atoms with Crippen LogP contribution in [0.3, 0.4) is 0 Å². The molecule has 6 rings (SSSR count). The van der Waals surface area contributed by atoms with Crippen molar-refractivity contribution in [2.45, 2.75) is 49.6 Å². The first-order valence-corrected chi connectivity index (χ1v) is 18.0. The second-order valence-electron chi connectivity index (χ2n) is 11.2. The first-order chi connectivity index (χ1) is 19.7. The van der Waals surface area contributed by atoms with E-state index in [1.165, 1.54) is 25.9 Å². The van der Waals surface area contributed by atoms with E-state index in [0.717, 1.165) is 68.2 Å². The van der Waals surface area contributed by atoms with Gasteiger partial charge in [-0.3, -0.25) is 0 Å². The van der Waals surface area contributed by atoms with Crippen LogP contribution in [0.15, 0.2) is 66.0 Å². The van der Waals surface area contributed by atoms with E-state index in [2.05, 4.69) is 53.8 Å². The van der Waals surface area contributed by atoms with E-state index in [1.54, 1.807) is 29.5 Å². The summed E-state index contributed by atoms with van der Waals surface area (Å²) < 4.78 is 33.5. The Hall–Kier alpha value is -1.60. The van der Waals surface area contributed by atoms with Gasteiger partial charge in [-0.25, -0.2) is 18.5 Å². The molecular weight excluding hydrogens is 688 g/mol. The lowest BCUT2D eigenvalue weighted by Gasteiger charge is -2.34. The van der Waals surface area contributed by atoms with Crippen molar-refractivity contribution in [1.82, 2.24) is 9.80 Å². The molecule has 0 spiro atoms. The van der Waals surface area contributed by atoms with Crippen LogP contribution in [0.2, 0.25) is 0 Å². The highest BCUT2D eigenvalue weighted by Crippen LogP contribution is 2.47. The van der Waals surface area contributed by atoms with E-state index in [-0.39, 0.29) is 17.0 Å². The smallest absolute Gasteiger partial charge is 0.240 e. The molecule has 3 fully saturated rings. The molecule has 3 aromatic rings. The summed E-state index contributed by atoms with van der Waals surface area (Å²) >= 11 is 9.24. The molecule has 3 unspecified atom stereocenters. The highest BCUT2D eigenvalue weighted by Gasteiger charge is 2.47. The second kappa shape index (κ2) is 12.2. The van der Waals surface area contributed by atoms with Gasteiger partial charge in [-0.05, 0) is 101 Å². The fraction of sp³-hybridized carbons (Fsp3) is 0.433. The van der Waals surface area contributed by atoms with Crippen LogP contribution in [-0.2, 0) is 14.8 Å². The maximum absolute atomic E-state index is 12.6. The normalized spacial score (nSPS) is 23.2. The third-order valence-corrected chi connectivity index (χ3v) is 11.9. The van der Waals surface area contributed by atoms with Crippen molar-refractivity contribution >= 4 is 64.7 Å². The third kappa shape index (κ3) is 6.23. The van der Waals surface area contributed by atoms with Gasteiger partial charge in [0, 0.05) is 30.6 Å². The molecule has 2 N–H and O–H groups in total. The Morgan fingerprint density at radius 3 is 2.54 bits per heavy atom. The summed E-state index contributed by atoms with van der Waals surface area (Å²) in [5, 5.41) is 5.66. The Kier molecular flexibility index (Phi) is 8.76.